The number of aryl methyl sites for hydroxylation is 1. The maximum Gasteiger partial charge on any atom is 0.154 e. The average molecular weight is 351 g/mol. The molecule has 1 aliphatic rings. The molecule has 0 saturated carbocycles. The standard InChI is InChI=1S/C20H25N5O/c1-3-26-18-6-4-17(5-7-18)15-23-10-12-24(13-11-23)20-19-14-16(2)22-25(19)9-8-21-20/h4-9,14H,3,10-13,15H2,1-2H3. The molecule has 6 heteroatoms. The molecule has 0 bridgehead atoms. The lowest BCUT2D eigenvalue weighted by atomic mass is 10.2. The number of ether oxygens (including phenoxy) is 1. The minimum Gasteiger partial charge on any atom is -0.494 e. The van der Waals surface area contributed by atoms with Crippen molar-refractivity contribution in [3.05, 3.63) is 54.0 Å². The van der Waals surface area contributed by atoms with Crippen molar-refractivity contribution in [2.24, 2.45) is 0 Å². The number of rotatable bonds is 5. The van der Waals surface area contributed by atoms with Gasteiger partial charge in [0.05, 0.1) is 12.3 Å². The first kappa shape index (κ1) is 16.8. The molecule has 3 heterocycles. The van der Waals surface area contributed by atoms with Gasteiger partial charge in [0.1, 0.15) is 11.3 Å². The van der Waals surface area contributed by atoms with Gasteiger partial charge < -0.3 is 9.64 Å². The highest BCUT2D eigenvalue weighted by Gasteiger charge is 2.20. The quantitative estimate of drug-likeness (QED) is 0.707. The largest absolute Gasteiger partial charge is 0.494 e. The zero-order valence-electron chi connectivity index (χ0n) is 15.4. The fourth-order valence-corrected chi connectivity index (χ4v) is 3.51. The number of hydrogen-bond acceptors (Lipinski definition) is 5. The summed E-state index contributed by atoms with van der Waals surface area (Å²) in [6.45, 7) is 9.73. The lowest BCUT2D eigenvalue weighted by Gasteiger charge is -2.35. The van der Waals surface area contributed by atoms with Gasteiger partial charge in [-0.2, -0.15) is 5.10 Å². The van der Waals surface area contributed by atoms with Gasteiger partial charge in [0.2, 0.25) is 0 Å². The zero-order chi connectivity index (χ0) is 17.9. The highest BCUT2D eigenvalue weighted by atomic mass is 16.5. The summed E-state index contributed by atoms with van der Waals surface area (Å²) in [4.78, 5) is 9.47. The monoisotopic (exact) mass is 351 g/mol. The van der Waals surface area contributed by atoms with Crippen LogP contribution in [0.1, 0.15) is 18.2 Å². The summed E-state index contributed by atoms with van der Waals surface area (Å²) in [5.41, 5.74) is 3.44. The molecule has 0 amide bonds. The summed E-state index contributed by atoms with van der Waals surface area (Å²) in [5, 5.41) is 4.49. The summed E-state index contributed by atoms with van der Waals surface area (Å²) in [7, 11) is 0. The minimum absolute atomic E-state index is 0.707. The molecule has 4 rings (SSSR count). The van der Waals surface area contributed by atoms with E-state index < -0.39 is 0 Å². The van der Waals surface area contributed by atoms with E-state index in [1.54, 1.807) is 0 Å². The third-order valence-corrected chi connectivity index (χ3v) is 4.80. The van der Waals surface area contributed by atoms with Crippen LogP contribution in [-0.2, 0) is 6.54 Å². The van der Waals surface area contributed by atoms with Crippen molar-refractivity contribution < 1.29 is 4.74 Å². The first-order valence-corrected chi connectivity index (χ1v) is 9.23. The third kappa shape index (κ3) is 3.51. The van der Waals surface area contributed by atoms with Crippen LogP contribution in [0.15, 0.2) is 42.7 Å². The Kier molecular flexibility index (Phi) is 4.75. The average Bonchev–Trinajstić information content (AvgIpc) is 3.04. The summed E-state index contributed by atoms with van der Waals surface area (Å²) >= 11 is 0. The van der Waals surface area contributed by atoms with Crippen molar-refractivity contribution in [1.82, 2.24) is 19.5 Å². The van der Waals surface area contributed by atoms with E-state index in [9.17, 15) is 0 Å². The van der Waals surface area contributed by atoms with E-state index >= 15 is 0 Å². The first-order valence-electron chi connectivity index (χ1n) is 9.23. The number of anilines is 1. The van der Waals surface area contributed by atoms with E-state index in [2.05, 4.69) is 50.2 Å². The van der Waals surface area contributed by atoms with Gasteiger partial charge in [-0.1, -0.05) is 12.1 Å². The summed E-state index contributed by atoms with van der Waals surface area (Å²) in [6.07, 6.45) is 3.75. The molecule has 1 aliphatic heterocycles. The summed E-state index contributed by atoms with van der Waals surface area (Å²) in [5.74, 6) is 1.98. The molecule has 1 aromatic carbocycles. The Bertz CT molecular complexity index is 866. The van der Waals surface area contributed by atoms with Crippen molar-refractivity contribution in [2.45, 2.75) is 20.4 Å². The number of benzene rings is 1. The highest BCUT2D eigenvalue weighted by molar-refractivity contribution is 5.69. The van der Waals surface area contributed by atoms with Gasteiger partial charge in [-0.3, -0.25) is 4.90 Å². The van der Waals surface area contributed by atoms with Crippen molar-refractivity contribution in [1.29, 1.82) is 0 Å². The lowest BCUT2D eigenvalue weighted by Crippen LogP contribution is -2.46. The normalized spacial score (nSPS) is 15.5. The molecule has 0 atom stereocenters. The second-order valence-corrected chi connectivity index (χ2v) is 6.71. The number of piperazine rings is 1. The molecule has 0 aliphatic carbocycles. The minimum atomic E-state index is 0.707. The molecule has 1 saturated heterocycles. The van der Waals surface area contributed by atoms with Gasteiger partial charge in [0.15, 0.2) is 5.82 Å². The van der Waals surface area contributed by atoms with Crippen molar-refractivity contribution >= 4 is 11.3 Å². The maximum atomic E-state index is 5.52. The van der Waals surface area contributed by atoms with Crippen LogP contribution in [0.3, 0.4) is 0 Å². The Morgan fingerprint density at radius 1 is 1.08 bits per heavy atom. The molecule has 0 unspecified atom stereocenters. The van der Waals surface area contributed by atoms with Gasteiger partial charge in [-0.25, -0.2) is 9.50 Å². The molecular weight excluding hydrogens is 326 g/mol. The third-order valence-electron chi connectivity index (χ3n) is 4.80. The Labute approximate surface area is 154 Å². The molecule has 0 spiro atoms. The number of hydrogen-bond donors (Lipinski definition) is 0. The van der Waals surface area contributed by atoms with Gasteiger partial charge in [0.25, 0.3) is 0 Å². The topological polar surface area (TPSA) is 45.9 Å². The molecule has 0 radical (unpaired) electrons. The maximum absolute atomic E-state index is 5.52. The Morgan fingerprint density at radius 3 is 2.58 bits per heavy atom. The second-order valence-electron chi connectivity index (χ2n) is 6.71. The van der Waals surface area contributed by atoms with Crippen molar-refractivity contribution in [3.8, 4) is 5.75 Å². The van der Waals surface area contributed by atoms with Crippen LogP contribution in [0.4, 0.5) is 5.82 Å². The molecule has 0 N–H and O–H groups in total. The fraction of sp³-hybridized carbons (Fsp3) is 0.400. The number of nitrogens with zero attached hydrogens (tertiary/aromatic N) is 5. The van der Waals surface area contributed by atoms with Crippen molar-refractivity contribution in [2.75, 3.05) is 37.7 Å². The van der Waals surface area contributed by atoms with Crippen LogP contribution in [0.25, 0.3) is 5.52 Å². The lowest BCUT2D eigenvalue weighted by molar-refractivity contribution is 0.249. The Hall–Kier alpha value is -2.60. The Morgan fingerprint density at radius 2 is 1.85 bits per heavy atom. The van der Waals surface area contributed by atoms with E-state index in [0.29, 0.717) is 6.61 Å². The van der Waals surface area contributed by atoms with Crippen LogP contribution in [0.2, 0.25) is 0 Å². The van der Waals surface area contributed by atoms with Crippen LogP contribution >= 0.6 is 0 Å². The van der Waals surface area contributed by atoms with E-state index in [1.807, 2.05) is 30.8 Å². The molecule has 136 valence electrons. The summed E-state index contributed by atoms with van der Waals surface area (Å²) in [6, 6.07) is 10.5. The molecule has 26 heavy (non-hydrogen) atoms. The van der Waals surface area contributed by atoms with Crippen LogP contribution in [-0.4, -0.2) is 52.3 Å². The smallest absolute Gasteiger partial charge is 0.154 e. The van der Waals surface area contributed by atoms with Crippen LogP contribution in [0.5, 0.6) is 5.75 Å². The predicted molar refractivity (Wildman–Crippen MR) is 103 cm³/mol. The Balaban J connectivity index is 1.39. The first-order chi connectivity index (χ1) is 12.7. The van der Waals surface area contributed by atoms with Gasteiger partial charge >= 0.3 is 0 Å². The van der Waals surface area contributed by atoms with E-state index in [-0.39, 0.29) is 0 Å². The second kappa shape index (κ2) is 7.33. The van der Waals surface area contributed by atoms with Crippen LogP contribution in [0, 0.1) is 6.92 Å². The van der Waals surface area contributed by atoms with Gasteiger partial charge in [-0.05, 0) is 37.6 Å². The fourth-order valence-electron chi connectivity index (χ4n) is 3.51. The molecule has 6 nitrogen and oxygen atoms in total. The number of aromatic nitrogens is 3. The molecule has 1 fully saturated rings. The van der Waals surface area contributed by atoms with Crippen molar-refractivity contribution in [3.63, 3.8) is 0 Å². The highest BCUT2D eigenvalue weighted by Crippen LogP contribution is 2.21. The van der Waals surface area contributed by atoms with Gasteiger partial charge in [-0.15, -0.1) is 0 Å². The van der Waals surface area contributed by atoms with E-state index in [4.69, 9.17) is 4.74 Å². The molecule has 3 aromatic rings. The van der Waals surface area contributed by atoms with Gasteiger partial charge in [0, 0.05) is 45.1 Å². The number of fused-ring (bicyclic) bond motifs is 1. The van der Waals surface area contributed by atoms with E-state index in [1.165, 1.54) is 5.56 Å². The van der Waals surface area contributed by atoms with Crippen LogP contribution < -0.4 is 9.64 Å². The summed E-state index contributed by atoms with van der Waals surface area (Å²) < 4.78 is 7.44. The SMILES string of the molecule is CCOc1ccc(CN2CCN(c3nccn4nc(C)cc34)CC2)cc1. The molecular formula is C20H25N5O. The predicted octanol–water partition coefficient (Wildman–Crippen LogP) is 2.76. The molecule has 2 aromatic heterocycles. The zero-order valence-corrected chi connectivity index (χ0v) is 15.4. The van der Waals surface area contributed by atoms with E-state index in [0.717, 1.165) is 55.5 Å².